The van der Waals surface area contributed by atoms with Crippen LogP contribution in [0.5, 0.6) is 0 Å². The number of fused-ring (bicyclic) bond motifs is 1. The topological polar surface area (TPSA) is 70.2 Å². The van der Waals surface area contributed by atoms with Gasteiger partial charge in [-0.3, -0.25) is 14.9 Å². The Morgan fingerprint density at radius 2 is 1.81 bits per heavy atom. The number of imide groups is 1. The van der Waals surface area contributed by atoms with Gasteiger partial charge < -0.3 is 10.6 Å². The Labute approximate surface area is 184 Å². The molecule has 3 aromatic rings. The van der Waals surface area contributed by atoms with Crippen LogP contribution in [0.4, 0.5) is 5.69 Å². The molecule has 0 radical (unpaired) electrons. The lowest BCUT2D eigenvalue weighted by atomic mass is 9.92. The van der Waals surface area contributed by atoms with Crippen molar-refractivity contribution in [2.24, 2.45) is 0 Å². The van der Waals surface area contributed by atoms with E-state index in [1.165, 1.54) is 5.56 Å². The first-order valence-corrected chi connectivity index (χ1v) is 11.1. The summed E-state index contributed by atoms with van der Waals surface area (Å²) in [5.74, 6) is -0.769. The van der Waals surface area contributed by atoms with Gasteiger partial charge >= 0.3 is 0 Å². The van der Waals surface area contributed by atoms with Crippen LogP contribution in [-0.2, 0) is 4.79 Å². The number of hydrogen-bond acceptors (Lipinski definition) is 5. The zero-order chi connectivity index (χ0) is 21.2. The van der Waals surface area contributed by atoms with Crippen LogP contribution < -0.4 is 16.0 Å². The molecule has 2 amide bonds. The summed E-state index contributed by atoms with van der Waals surface area (Å²) in [6.07, 6.45) is 6.99. The number of nitrogens with one attached hydrogen (secondary N) is 3. The summed E-state index contributed by atoms with van der Waals surface area (Å²) in [5.41, 5.74) is 5.73. The Balaban J connectivity index is 1.42. The zero-order valence-electron chi connectivity index (χ0n) is 16.7. The maximum atomic E-state index is 12.6. The van der Waals surface area contributed by atoms with Gasteiger partial charge in [0.1, 0.15) is 0 Å². The number of benzene rings is 2. The molecule has 1 atom stereocenters. The van der Waals surface area contributed by atoms with Gasteiger partial charge in [0.15, 0.2) is 0 Å². The SMILES string of the molecule is O=C1NC(=O)c2ccc(-c3ccsc3)cc2/C1=C/Nc1ccc(C2CC=CCN2)cc1. The van der Waals surface area contributed by atoms with Crippen molar-refractivity contribution in [3.05, 3.63) is 94.3 Å². The smallest absolute Gasteiger partial charge is 0.260 e. The molecule has 0 aliphatic carbocycles. The van der Waals surface area contributed by atoms with E-state index in [0.717, 1.165) is 29.8 Å². The number of carbonyl (C=O) groups excluding carboxylic acids is 2. The van der Waals surface area contributed by atoms with E-state index >= 15 is 0 Å². The molecule has 1 aromatic heterocycles. The van der Waals surface area contributed by atoms with E-state index in [1.807, 2.05) is 41.1 Å². The first kappa shape index (κ1) is 19.5. The highest BCUT2D eigenvalue weighted by Gasteiger charge is 2.27. The molecule has 1 unspecified atom stereocenters. The molecule has 0 fully saturated rings. The predicted octanol–water partition coefficient (Wildman–Crippen LogP) is 4.73. The summed E-state index contributed by atoms with van der Waals surface area (Å²) in [5, 5.41) is 13.2. The number of anilines is 1. The first-order valence-electron chi connectivity index (χ1n) is 10.2. The van der Waals surface area contributed by atoms with Gasteiger partial charge in [0.25, 0.3) is 11.8 Å². The molecule has 2 aliphatic heterocycles. The third-order valence-corrected chi connectivity index (χ3v) is 6.28. The van der Waals surface area contributed by atoms with Crippen molar-refractivity contribution < 1.29 is 9.59 Å². The van der Waals surface area contributed by atoms with Crippen LogP contribution >= 0.6 is 11.3 Å². The van der Waals surface area contributed by atoms with Crippen LogP contribution in [0.2, 0.25) is 0 Å². The number of hydrogen-bond donors (Lipinski definition) is 3. The Morgan fingerprint density at radius 1 is 0.935 bits per heavy atom. The van der Waals surface area contributed by atoms with Gasteiger partial charge in [0.2, 0.25) is 0 Å². The molecule has 2 aliphatic rings. The molecule has 0 bridgehead atoms. The van der Waals surface area contributed by atoms with E-state index in [4.69, 9.17) is 0 Å². The maximum Gasteiger partial charge on any atom is 0.260 e. The predicted molar refractivity (Wildman–Crippen MR) is 125 cm³/mol. The highest BCUT2D eigenvalue weighted by Crippen LogP contribution is 2.31. The molecule has 5 rings (SSSR count). The van der Waals surface area contributed by atoms with Crippen LogP contribution in [0, 0.1) is 0 Å². The Bertz CT molecular complexity index is 1190. The number of rotatable bonds is 4. The number of thiophene rings is 1. The minimum atomic E-state index is -0.401. The third kappa shape index (κ3) is 3.95. The molecule has 0 spiro atoms. The minimum absolute atomic E-state index is 0.329. The van der Waals surface area contributed by atoms with Crippen LogP contribution in [-0.4, -0.2) is 18.4 Å². The van der Waals surface area contributed by atoms with Crippen molar-refractivity contribution in [3.63, 3.8) is 0 Å². The lowest BCUT2D eigenvalue weighted by Crippen LogP contribution is -2.36. The van der Waals surface area contributed by atoms with E-state index in [-0.39, 0.29) is 5.91 Å². The lowest BCUT2D eigenvalue weighted by Gasteiger charge is -2.21. The fraction of sp³-hybridized carbons (Fsp3) is 0.120. The van der Waals surface area contributed by atoms with Crippen molar-refractivity contribution in [1.29, 1.82) is 0 Å². The van der Waals surface area contributed by atoms with E-state index in [2.05, 4.69) is 40.2 Å². The monoisotopic (exact) mass is 427 g/mol. The highest BCUT2D eigenvalue weighted by atomic mass is 32.1. The van der Waals surface area contributed by atoms with Crippen molar-refractivity contribution in [3.8, 4) is 11.1 Å². The Kier molecular flexibility index (Phi) is 5.24. The van der Waals surface area contributed by atoms with Gasteiger partial charge in [-0.1, -0.05) is 30.4 Å². The van der Waals surface area contributed by atoms with Crippen LogP contribution in [0.1, 0.15) is 33.9 Å². The molecule has 154 valence electrons. The fourth-order valence-corrected chi connectivity index (χ4v) is 4.57. The Morgan fingerprint density at radius 3 is 2.55 bits per heavy atom. The highest BCUT2D eigenvalue weighted by molar-refractivity contribution is 7.08. The number of carbonyl (C=O) groups is 2. The normalized spacial score (nSPS) is 19.2. The van der Waals surface area contributed by atoms with Gasteiger partial charge in [0, 0.05) is 35.6 Å². The largest absolute Gasteiger partial charge is 0.361 e. The summed E-state index contributed by atoms with van der Waals surface area (Å²) in [7, 11) is 0. The van der Waals surface area contributed by atoms with Crippen molar-refractivity contribution in [2.45, 2.75) is 12.5 Å². The third-order valence-electron chi connectivity index (χ3n) is 5.60. The second-order valence-corrected chi connectivity index (χ2v) is 8.33. The lowest BCUT2D eigenvalue weighted by molar-refractivity contribution is -0.114. The van der Waals surface area contributed by atoms with Crippen molar-refractivity contribution >= 4 is 34.4 Å². The molecule has 6 heteroatoms. The van der Waals surface area contributed by atoms with E-state index in [0.29, 0.717) is 22.7 Å². The van der Waals surface area contributed by atoms with Crippen LogP contribution in [0.25, 0.3) is 16.7 Å². The molecule has 2 aromatic carbocycles. The Hall–Kier alpha value is -3.48. The van der Waals surface area contributed by atoms with Gasteiger partial charge in [-0.05, 0) is 64.2 Å². The zero-order valence-corrected chi connectivity index (χ0v) is 17.5. The second kappa shape index (κ2) is 8.34. The van der Waals surface area contributed by atoms with Gasteiger partial charge in [-0.25, -0.2) is 0 Å². The van der Waals surface area contributed by atoms with E-state index < -0.39 is 5.91 Å². The average Bonchev–Trinajstić information content (AvgIpc) is 3.35. The fourth-order valence-electron chi connectivity index (χ4n) is 3.91. The molecular weight excluding hydrogens is 406 g/mol. The molecule has 3 heterocycles. The summed E-state index contributed by atoms with van der Waals surface area (Å²) in [4.78, 5) is 24.9. The average molecular weight is 428 g/mol. The van der Waals surface area contributed by atoms with Gasteiger partial charge in [-0.2, -0.15) is 11.3 Å². The minimum Gasteiger partial charge on any atom is -0.361 e. The van der Waals surface area contributed by atoms with E-state index in [1.54, 1.807) is 23.6 Å². The first-order chi connectivity index (χ1) is 15.2. The number of amides is 2. The van der Waals surface area contributed by atoms with Crippen molar-refractivity contribution in [2.75, 3.05) is 11.9 Å². The molecule has 0 saturated heterocycles. The molecular formula is C25H21N3O2S. The second-order valence-electron chi connectivity index (χ2n) is 7.55. The molecule has 31 heavy (non-hydrogen) atoms. The van der Waals surface area contributed by atoms with Gasteiger partial charge in [-0.15, -0.1) is 0 Å². The summed E-state index contributed by atoms with van der Waals surface area (Å²) >= 11 is 1.61. The summed E-state index contributed by atoms with van der Waals surface area (Å²) in [6, 6.07) is 16.1. The van der Waals surface area contributed by atoms with Crippen molar-refractivity contribution in [1.82, 2.24) is 10.6 Å². The van der Waals surface area contributed by atoms with E-state index in [9.17, 15) is 9.59 Å². The van der Waals surface area contributed by atoms with Gasteiger partial charge in [0.05, 0.1) is 5.57 Å². The maximum absolute atomic E-state index is 12.6. The quantitative estimate of drug-likeness (QED) is 0.320. The molecule has 3 N–H and O–H groups in total. The molecule has 0 saturated carbocycles. The summed E-state index contributed by atoms with van der Waals surface area (Å²) in [6.45, 7) is 0.886. The van der Waals surface area contributed by atoms with Crippen LogP contribution in [0.15, 0.2) is 77.6 Å². The summed E-state index contributed by atoms with van der Waals surface area (Å²) < 4.78 is 0. The molecule has 5 nitrogen and oxygen atoms in total. The van der Waals surface area contributed by atoms with Crippen LogP contribution in [0.3, 0.4) is 0 Å². The standard InChI is InChI=1S/C25H21N3O2S/c29-24-20-9-6-17(18-10-12-31-15-18)13-21(20)22(25(30)28-24)14-27-19-7-4-16(5-8-19)23-3-1-2-11-26-23/h1-2,4-10,12-15,23,26-27H,3,11H2,(H,28,29,30)/b22-14-.